The van der Waals surface area contributed by atoms with Crippen LogP contribution in [0.5, 0.6) is 0 Å². The van der Waals surface area contributed by atoms with Crippen LogP contribution >= 0.6 is 15.9 Å². The third kappa shape index (κ3) is 3.03. The lowest BCUT2D eigenvalue weighted by Crippen LogP contribution is -2.01. The summed E-state index contributed by atoms with van der Waals surface area (Å²) in [6.07, 6.45) is 3.65. The van der Waals surface area contributed by atoms with E-state index >= 15 is 0 Å². The fourth-order valence-electron chi connectivity index (χ4n) is 1.28. The van der Waals surface area contributed by atoms with Crippen LogP contribution in [-0.2, 0) is 6.54 Å². The van der Waals surface area contributed by atoms with Crippen molar-refractivity contribution in [3.63, 3.8) is 0 Å². The number of aromatic nitrogens is 2. The quantitative estimate of drug-likeness (QED) is 0.937. The Bertz CT molecular complexity index is 405. The van der Waals surface area contributed by atoms with E-state index in [1.165, 1.54) is 0 Å². The summed E-state index contributed by atoms with van der Waals surface area (Å²) in [5, 5.41) is 3.24. The van der Waals surface area contributed by atoms with Gasteiger partial charge in [0.25, 0.3) is 0 Å². The van der Waals surface area contributed by atoms with Crippen molar-refractivity contribution < 1.29 is 0 Å². The molecule has 0 saturated carbocycles. The molecule has 0 amide bonds. The second kappa shape index (κ2) is 5.07. The summed E-state index contributed by atoms with van der Waals surface area (Å²) >= 11 is 3.35. The molecule has 0 radical (unpaired) electrons. The molecule has 1 N–H and O–H groups in total. The average molecular weight is 278 g/mol. The number of nitrogens with one attached hydrogen (secondary N) is 1. The van der Waals surface area contributed by atoms with E-state index < -0.39 is 0 Å². The third-order valence-corrected chi connectivity index (χ3v) is 2.64. The molecule has 0 aliphatic rings. The molecule has 0 atom stereocenters. The molecule has 0 unspecified atom stereocenters. The first-order chi connectivity index (χ1) is 7.74. The Balaban J connectivity index is 1.97. The summed E-state index contributed by atoms with van der Waals surface area (Å²) in [6, 6.07) is 7.97. The molecule has 0 aromatic carbocycles. The molecule has 16 heavy (non-hydrogen) atoms. The molecule has 82 valence electrons. The second-order valence-electron chi connectivity index (χ2n) is 3.52. The van der Waals surface area contributed by atoms with Crippen molar-refractivity contribution in [2.45, 2.75) is 13.5 Å². The van der Waals surface area contributed by atoms with Crippen molar-refractivity contribution in [3.8, 4) is 0 Å². The van der Waals surface area contributed by atoms with Gasteiger partial charge in [-0.05, 0) is 46.6 Å². The predicted molar refractivity (Wildman–Crippen MR) is 68.2 cm³/mol. The van der Waals surface area contributed by atoms with E-state index in [4.69, 9.17) is 0 Å². The first-order valence-electron chi connectivity index (χ1n) is 5.01. The highest BCUT2D eigenvalue weighted by molar-refractivity contribution is 9.10. The number of pyridine rings is 2. The van der Waals surface area contributed by atoms with Gasteiger partial charge in [0, 0.05) is 29.1 Å². The monoisotopic (exact) mass is 277 g/mol. The summed E-state index contributed by atoms with van der Waals surface area (Å²) < 4.78 is 0.982. The van der Waals surface area contributed by atoms with Gasteiger partial charge in [0.15, 0.2) is 0 Å². The van der Waals surface area contributed by atoms with E-state index in [0.717, 1.165) is 28.1 Å². The lowest BCUT2D eigenvalue weighted by Gasteiger charge is -2.05. The fraction of sp³-hybridized carbons (Fsp3) is 0.167. The number of rotatable bonds is 3. The molecule has 3 nitrogen and oxygen atoms in total. The lowest BCUT2D eigenvalue weighted by atomic mass is 10.2. The SMILES string of the molecule is Cc1ccc(CNc2ccc(Br)cn2)cn1. The normalized spacial score (nSPS) is 10.1. The Labute approximate surface area is 103 Å². The van der Waals surface area contributed by atoms with Crippen LogP contribution in [0.1, 0.15) is 11.3 Å². The van der Waals surface area contributed by atoms with Crippen molar-refractivity contribution in [1.29, 1.82) is 0 Å². The summed E-state index contributed by atoms with van der Waals surface area (Å²) in [7, 11) is 0. The predicted octanol–water partition coefficient (Wildman–Crippen LogP) is 3.16. The highest BCUT2D eigenvalue weighted by Crippen LogP contribution is 2.11. The number of hydrogen-bond acceptors (Lipinski definition) is 3. The molecule has 2 heterocycles. The Morgan fingerprint density at radius 2 is 2.00 bits per heavy atom. The number of halogens is 1. The van der Waals surface area contributed by atoms with Crippen molar-refractivity contribution in [1.82, 2.24) is 9.97 Å². The molecule has 0 bridgehead atoms. The summed E-state index contributed by atoms with van der Waals surface area (Å²) in [5.74, 6) is 0.865. The molecular formula is C12H12BrN3. The molecule has 2 aromatic rings. The molecule has 0 saturated heterocycles. The van der Waals surface area contributed by atoms with Gasteiger partial charge < -0.3 is 5.32 Å². The minimum Gasteiger partial charge on any atom is -0.366 e. The van der Waals surface area contributed by atoms with Crippen molar-refractivity contribution in [2.24, 2.45) is 0 Å². The van der Waals surface area contributed by atoms with Crippen LogP contribution in [-0.4, -0.2) is 9.97 Å². The minimum absolute atomic E-state index is 0.738. The first kappa shape index (κ1) is 11.1. The largest absolute Gasteiger partial charge is 0.366 e. The van der Waals surface area contributed by atoms with E-state index in [1.54, 1.807) is 6.20 Å². The molecule has 0 spiro atoms. The molecule has 4 heteroatoms. The number of hydrogen-bond donors (Lipinski definition) is 1. The van der Waals surface area contributed by atoms with E-state index in [1.807, 2.05) is 31.3 Å². The molecular weight excluding hydrogens is 266 g/mol. The van der Waals surface area contributed by atoms with E-state index in [9.17, 15) is 0 Å². The van der Waals surface area contributed by atoms with Gasteiger partial charge in [-0.1, -0.05) is 6.07 Å². The highest BCUT2D eigenvalue weighted by atomic mass is 79.9. The Morgan fingerprint density at radius 3 is 2.62 bits per heavy atom. The summed E-state index contributed by atoms with van der Waals surface area (Å²) in [5.41, 5.74) is 2.18. The van der Waals surface area contributed by atoms with Gasteiger partial charge in [0.2, 0.25) is 0 Å². The second-order valence-corrected chi connectivity index (χ2v) is 4.44. The van der Waals surface area contributed by atoms with Gasteiger partial charge in [-0.2, -0.15) is 0 Å². The zero-order valence-corrected chi connectivity index (χ0v) is 10.5. The fourth-order valence-corrected chi connectivity index (χ4v) is 1.51. The van der Waals surface area contributed by atoms with Crippen LogP contribution < -0.4 is 5.32 Å². The van der Waals surface area contributed by atoms with Crippen molar-refractivity contribution in [2.75, 3.05) is 5.32 Å². The number of nitrogens with zero attached hydrogens (tertiary/aromatic N) is 2. The highest BCUT2D eigenvalue weighted by Gasteiger charge is 1.95. The molecule has 2 aromatic heterocycles. The van der Waals surface area contributed by atoms with Gasteiger partial charge >= 0.3 is 0 Å². The molecule has 0 aliphatic carbocycles. The van der Waals surface area contributed by atoms with Crippen molar-refractivity contribution >= 4 is 21.7 Å². The van der Waals surface area contributed by atoms with Gasteiger partial charge in [-0.15, -0.1) is 0 Å². The molecule has 2 rings (SSSR count). The van der Waals surface area contributed by atoms with Gasteiger partial charge in [0.1, 0.15) is 5.82 Å². The van der Waals surface area contributed by atoms with Crippen LogP contribution in [0, 0.1) is 6.92 Å². The Hall–Kier alpha value is -1.42. The zero-order chi connectivity index (χ0) is 11.4. The Kier molecular flexibility index (Phi) is 3.51. The van der Waals surface area contributed by atoms with Gasteiger partial charge in [-0.25, -0.2) is 4.98 Å². The smallest absolute Gasteiger partial charge is 0.126 e. The maximum absolute atomic E-state index is 4.24. The van der Waals surface area contributed by atoms with Crippen LogP contribution in [0.2, 0.25) is 0 Å². The van der Waals surface area contributed by atoms with Crippen LogP contribution in [0.25, 0.3) is 0 Å². The summed E-state index contributed by atoms with van der Waals surface area (Å²) in [6.45, 7) is 2.72. The molecule has 0 aliphatic heterocycles. The number of aryl methyl sites for hydroxylation is 1. The minimum atomic E-state index is 0.738. The molecule has 0 fully saturated rings. The van der Waals surface area contributed by atoms with Gasteiger partial charge in [-0.3, -0.25) is 4.98 Å². The van der Waals surface area contributed by atoms with Gasteiger partial charge in [0.05, 0.1) is 0 Å². The maximum Gasteiger partial charge on any atom is 0.126 e. The van der Waals surface area contributed by atoms with E-state index in [-0.39, 0.29) is 0 Å². The van der Waals surface area contributed by atoms with Crippen LogP contribution in [0.3, 0.4) is 0 Å². The maximum atomic E-state index is 4.24. The van der Waals surface area contributed by atoms with E-state index in [2.05, 4.69) is 37.3 Å². The van der Waals surface area contributed by atoms with Crippen molar-refractivity contribution in [3.05, 3.63) is 52.4 Å². The standard InChI is InChI=1S/C12H12BrN3/c1-9-2-3-10(6-14-9)7-15-12-5-4-11(13)8-16-12/h2-6,8H,7H2,1H3,(H,15,16). The first-order valence-corrected chi connectivity index (χ1v) is 5.80. The topological polar surface area (TPSA) is 37.8 Å². The number of anilines is 1. The average Bonchev–Trinajstić information content (AvgIpc) is 2.30. The van der Waals surface area contributed by atoms with Crippen LogP contribution in [0.15, 0.2) is 41.1 Å². The third-order valence-electron chi connectivity index (χ3n) is 2.17. The van der Waals surface area contributed by atoms with Crippen LogP contribution in [0.4, 0.5) is 5.82 Å². The zero-order valence-electron chi connectivity index (χ0n) is 8.94. The summed E-state index contributed by atoms with van der Waals surface area (Å²) in [4.78, 5) is 8.47. The Morgan fingerprint density at radius 1 is 1.12 bits per heavy atom. The van der Waals surface area contributed by atoms with E-state index in [0.29, 0.717) is 0 Å². The lowest BCUT2D eigenvalue weighted by molar-refractivity contribution is 1.07.